The quantitative estimate of drug-likeness (QED) is 0.173. The van der Waals surface area contributed by atoms with E-state index in [1.54, 1.807) is 0 Å². The third-order valence-electron chi connectivity index (χ3n) is 10.9. The fourth-order valence-electron chi connectivity index (χ4n) is 8.17. The fourth-order valence-corrected chi connectivity index (χ4v) is 8.17. The van der Waals surface area contributed by atoms with Gasteiger partial charge in [0.2, 0.25) is 0 Å². The van der Waals surface area contributed by atoms with E-state index in [1.807, 2.05) is 18.2 Å². The molecule has 0 spiro atoms. The molecule has 0 N–H and O–H groups in total. The second-order valence-electron chi connectivity index (χ2n) is 14.1. The minimum atomic E-state index is 0.849. The van der Waals surface area contributed by atoms with Crippen LogP contribution in [0.2, 0.25) is 0 Å². The van der Waals surface area contributed by atoms with Crippen molar-refractivity contribution in [2.75, 3.05) is 4.90 Å². The van der Waals surface area contributed by atoms with Crippen molar-refractivity contribution in [3.05, 3.63) is 200 Å². The molecular formula is C52H33NO2. The van der Waals surface area contributed by atoms with Gasteiger partial charge in [0.25, 0.3) is 0 Å². The lowest BCUT2D eigenvalue weighted by atomic mass is 9.97. The number of nitrogens with zero attached hydrogens (tertiary/aromatic N) is 1. The van der Waals surface area contributed by atoms with E-state index in [9.17, 15) is 0 Å². The normalized spacial score (nSPS) is 11.6. The van der Waals surface area contributed by atoms with Gasteiger partial charge in [0, 0.05) is 32.9 Å². The molecule has 0 unspecified atom stereocenters. The largest absolute Gasteiger partial charge is 0.456 e. The summed E-state index contributed by atoms with van der Waals surface area (Å²) >= 11 is 0. The Labute approximate surface area is 317 Å². The van der Waals surface area contributed by atoms with Crippen molar-refractivity contribution in [1.29, 1.82) is 0 Å². The molecule has 0 radical (unpaired) electrons. The average Bonchev–Trinajstić information content (AvgIpc) is 3.83. The van der Waals surface area contributed by atoms with Crippen LogP contribution in [0.25, 0.3) is 88.0 Å². The van der Waals surface area contributed by atoms with Gasteiger partial charge in [-0.05, 0) is 105 Å². The maximum atomic E-state index is 6.83. The Balaban J connectivity index is 1.08. The highest BCUT2D eigenvalue weighted by Gasteiger charge is 2.22. The number of para-hydroxylation sites is 2. The van der Waals surface area contributed by atoms with E-state index >= 15 is 0 Å². The van der Waals surface area contributed by atoms with Gasteiger partial charge in [0.05, 0.1) is 5.69 Å². The van der Waals surface area contributed by atoms with Gasteiger partial charge >= 0.3 is 0 Å². The first kappa shape index (κ1) is 31.2. The highest BCUT2D eigenvalue weighted by atomic mass is 16.3. The summed E-state index contributed by atoms with van der Waals surface area (Å²) in [4.78, 5) is 2.33. The number of hydrogen-bond acceptors (Lipinski definition) is 3. The Hall–Kier alpha value is -7.36. The fraction of sp³-hybridized carbons (Fsp3) is 0. The maximum Gasteiger partial charge on any atom is 0.160 e. The number of rotatable bonds is 6. The molecule has 2 aromatic heterocycles. The molecule has 0 aliphatic carbocycles. The van der Waals surface area contributed by atoms with Crippen LogP contribution in [-0.4, -0.2) is 0 Å². The molecule has 0 saturated carbocycles. The van der Waals surface area contributed by atoms with Crippen LogP contribution in [0.4, 0.5) is 17.1 Å². The first-order valence-electron chi connectivity index (χ1n) is 18.7. The second-order valence-corrected chi connectivity index (χ2v) is 14.1. The first-order chi connectivity index (χ1) is 27.2. The number of hydrogen-bond donors (Lipinski definition) is 0. The van der Waals surface area contributed by atoms with Crippen LogP contribution in [0.1, 0.15) is 0 Å². The Morgan fingerprint density at radius 3 is 1.69 bits per heavy atom. The van der Waals surface area contributed by atoms with Gasteiger partial charge in [-0.2, -0.15) is 0 Å². The standard InChI is InChI=1S/C52H33NO2/c1-3-11-34(12-4-1)37-19-20-39-32-42(27-23-38(39)31-37)53(41-25-21-35(22-26-41)40-24-28-45-44-15-7-9-17-48(44)54-50(45)33-40)47-30-29-43(36-13-5-2-6-14-36)51-46-16-8-10-18-49(46)55-52(47)51/h1-33H. The molecule has 55 heavy (non-hydrogen) atoms. The summed E-state index contributed by atoms with van der Waals surface area (Å²) < 4.78 is 13.1. The van der Waals surface area contributed by atoms with E-state index in [1.165, 1.54) is 21.9 Å². The van der Waals surface area contributed by atoms with Gasteiger partial charge in [0.1, 0.15) is 16.7 Å². The molecule has 258 valence electrons. The van der Waals surface area contributed by atoms with E-state index in [0.29, 0.717) is 0 Å². The van der Waals surface area contributed by atoms with Crippen molar-refractivity contribution in [1.82, 2.24) is 0 Å². The summed E-state index contributed by atoms with van der Waals surface area (Å²) in [6, 6.07) is 70.9. The molecule has 0 aliphatic heterocycles. The van der Waals surface area contributed by atoms with E-state index < -0.39 is 0 Å². The minimum absolute atomic E-state index is 0.849. The Kier molecular flexibility index (Phi) is 7.17. The van der Waals surface area contributed by atoms with Crippen LogP contribution in [0, 0.1) is 0 Å². The van der Waals surface area contributed by atoms with Crippen LogP contribution < -0.4 is 4.90 Å². The summed E-state index contributed by atoms with van der Waals surface area (Å²) in [5.41, 5.74) is 13.5. The highest BCUT2D eigenvalue weighted by Crippen LogP contribution is 2.46. The molecule has 0 atom stereocenters. The monoisotopic (exact) mass is 703 g/mol. The molecule has 0 aliphatic rings. The predicted molar refractivity (Wildman–Crippen MR) is 229 cm³/mol. The van der Waals surface area contributed by atoms with Crippen LogP contribution >= 0.6 is 0 Å². The van der Waals surface area contributed by atoms with Crippen LogP contribution in [0.15, 0.2) is 209 Å². The summed E-state index contributed by atoms with van der Waals surface area (Å²) in [6.45, 7) is 0. The summed E-state index contributed by atoms with van der Waals surface area (Å²) in [5.74, 6) is 0. The molecular weight excluding hydrogens is 671 g/mol. The Morgan fingerprint density at radius 2 is 0.891 bits per heavy atom. The van der Waals surface area contributed by atoms with Gasteiger partial charge in [-0.15, -0.1) is 0 Å². The minimum Gasteiger partial charge on any atom is -0.456 e. The SMILES string of the molecule is c1ccc(-c2ccc3cc(N(c4ccc(-c5ccc6c(c5)oc5ccccc56)cc4)c4ccc(-c5ccccc5)c5c4oc4ccccc45)ccc3c2)cc1. The van der Waals surface area contributed by atoms with Crippen LogP contribution in [-0.2, 0) is 0 Å². The van der Waals surface area contributed by atoms with Crippen LogP contribution in [0.3, 0.4) is 0 Å². The molecule has 2 heterocycles. The molecule has 0 saturated heterocycles. The molecule has 3 nitrogen and oxygen atoms in total. The zero-order chi connectivity index (χ0) is 36.3. The molecule has 11 rings (SSSR count). The van der Waals surface area contributed by atoms with Gasteiger partial charge < -0.3 is 13.7 Å². The lowest BCUT2D eigenvalue weighted by Gasteiger charge is -2.26. The number of fused-ring (bicyclic) bond motifs is 7. The van der Waals surface area contributed by atoms with E-state index in [4.69, 9.17) is 8.83 Å². The second kappa shape index (κ2) is 12.6. The molecule has 0 bridgehead atoms. The predicted octanol–water partition coefficient (Wildman–Crippen LogP) is 15.1. The van der Waals surface area contributed by atoms with Crippen molar-refractivity contribution in [3.63, 3.8) is 0 Å². The smallest absolute Gasteiger partial charge is 0.160 e. The number of benzene rings is 9. The summed E-state index contributed by atoms with van der Waals surface area (Å²) in [5, 5.41) is 6.82. The third-order valence-corrected chi connectivity index (χ3v) is 10.9. The topological polar surface area (TPSA) is 29.5 Å². The third kappa shape index (κ3) is 5.28. The van der Waals surface area contributed by atoms with Gasteiger partial charge in [-0.3, -0.25) is 0 Å². The highest BCUT2D eigenvalue weighted by molar-refractivity contribution is 6.17. The van der Waals surface area contributed by atoms with E-state index in [-0.39, 0.29) is 0 Å². The number of furan rings is 2. The van der Waals surface area contributed by atoms with Gasteiger partial charge in [0.15, 0.2) is 5.58 Å². The summed E-state index contributed by atoms with van der Waals surface area (Å²) in [7, 11) is 0. The summed E-state index contributed by atoms with van der Waals surface area (Å²) in [6.07, 6.45) is 0. The van der Waals surface area contributed by atoms with Crippen LogP contribution in [0.5, 0.6) is 0 Å². The molecule has 3 heteroatoms. The zero-order valence-corrected chi connectivity index (χ0v) is 29.8. The lowest BCUT2D eigenvalue weighted by molar-refractivity contribution is 0.668. The van der Waals surface area contributed by atoms with Crippen molar-refractivity contribution >= 4 is 71.7 Å². The first-order valence-corrected chi connectivity index (χ1v) is 18.7. The Morgan fingerprint density at radius 1 is 0.327 bits per heavy atom. The van der Waals surface area contributed by atoms with Crippen molar-refractivity contribution in [3.8, 4) is 33.4 Å². The Bertz CT molecular complexity index is 3190. The molecule has 0 amide bonds. The average molecular weight is 704 g/mol. The zero-order valence-electron chi connectivity index (χ0n) is 29.8. The lowest BCUT2D eigenvalue weighted by Crippen LogP contribution is -2.10. The van der Waals surface area contributed by atoms with Crippen molar-refractivity contribution in [2.45, 2.75) is 0 Å². The van der Waals surface area contributed by atoms with E-state index in [0.717, 1.165) is 83.2 Å². The maximum absolute atomic E-state index is 6.83. The molecule has 11 aromatic rings. The van der Waals surface area contributed by atoms with Crippen molar-refractivity contribution < 1.29 is 8.83 Å². The van der Waals surface area contributed by atoms with Gasteiger partial charge in [-0.1, -0.05) is 140 Å². The van der Waals surface area contributed by atoms with Crippen molar-refractivity contribution in [2.24, 2.45) is 0 Å². The van der Waals surface area contributed by atoms with E-state index in [2.05, 4.69) is 187 Å². The molecule has 9 aromatic carbocycles. The van der Waals surface area contributed by atoms with Gasteiger partial charge in [-0.25, -0.2) is 0 Å². The molecule has 0 fully saturated rings. The number of anilines is 3.